The van der Waals surface area contributed by atoms with E-state index in [0.29, 0.717) is 28.8 Å². The van der Waals surface area contributed by atoms with Crippen LogP contribution in [-0.2, 0) is 17.9 Å². The van der Waals surface area contributed by atoms with Gasteiger partial charge in [-0.25, -0.2) is 0 Å². The molecule has 0 atom stereocenters. The maximum Gasteiger partial charge on any atom is 0.293 e. The van der Waals surface area contributed by atoms with E-state index < -0.39 is 0 Å². The Bertz CT molecular complexity index is 1500. The molecular formula is C27H19Br2ClN2O3S. The molecule has 0 saturated carbocycles. The number of carbonyl (C=O) groups excluding carboxylic acids is 2. The van der Waals surface area contributed by atoms with Gasteiger partial charge in [-0.3, -0.25) is 14.5 Å². The van der Waals surface area contributed by atoms with Gasteiger partial charge in [-0.05, 0) is 65.9 Å². The van der Waals surface area contributed by atoms with E-state index in [-0.39, 0.29) is 17.7 Å². The zero-order valence-electron chi connectivity index (χ0n) is 18.8. The Morgan fingerprint density at radius 3 is 2.50 bits per heavy atom. The van der Waals surface area contributed by atoms with Gasteiger partial charge in [-0.2, -0.15) is 0 Å². The van der Waals surface area contributed by atoms with Crippen molar-refractivity contribution in [3.8, 4) is 5.75 Å². The Labute approximate surface area is 234 Å². The van der Waals surface area contributed by atoms with Gasteiger partial charge in [0.2, 0.25) is 0 Å². The Kier molecular flexibility index (Phi) is 7.57. The van der Waals surface area contributed by atoms with Crippen molar-refractivity contribution < 1.29 is 14.3 Å². The molecule has 9 heteroatoms. The summed E-state index contributed by atoms with van der Waals surface area (Å²) >= 11 is 14.1. The number of benzene rings is 3. The molecule has 5 nitrogen and oxygen atoms in total. The van der Waals surface area contributed by atoms with E-state index in [4.69, 9.17) is 16.3 Å². The highest BCUT2D eigenvalue weighted by atomic mass is 79.9. The van der Waals surface area contributed by atoms with Crippen LogP contribution in [0.3, 0.4) is 0 Å². The molecular weight excluding hydrogens is 628 g/mol. The van der Waals surface area contributed by atoms with Crippen molar-refractivity contribution >= 4 is 83.3 Å². The third-order valence-electron chi connectivity index (χ3n) is 5.71. The molecule has 0 aliphatic carbocycles. The Morgan fingerprint density at radius 1 is 0.972 bits per heavy atom. The van der Waals surface area contributed by atoms with E-state index in [1.54, 1.807) is 12.1 Å². The number of amides is 2. The summed E-state index contributed by atoms with van der Waals surface area (Å²) in [6.45, 7) is 1.25. The van der Waals surface area contributed by atoms with Gasteiger partial charge >= 0.3 is 0 Å². The van der Waals surface area contributed by atoms with Crippen LogP contribution in [0.15, 0.2) is 86.8 Å². The fourth-order valence-corrected chi connectivity index (χ4v) is 5.61. The van der Waals surface area contributed by atoms with E-state index in [9.17, 15) is 9.59 Å². The third kappa shape index (κ3) is 5.42. The second-order valence-corrected chi connectivity index (χ2v) is 11.3. The standard InChI is InChI=1S/C27H19Br2ClN2O3S/c28-19-7-5-17(6-8-19)15-32-26(33)25(36-27(32)34)13-18-16-31(23-10-9-20(29)14-21(18)23)11-12-35-24-4-2-1-3-22(24)30/h1-10,13-14,16H,11-12,15H2/b25-13-. The van der Waals surface area contributed by atoms with Crippen LogP contribution in [0, 0.1) is 0 Å². The van der Waals surface area contributed by atoms with Crippen LogP contribution in [0.2, 0.25) is 5.02 Å². The quantitative estimate of drug-likeness (QED) is 0.190. The number of rotatable bonds is 7. The topological polar surface area (TPSA) is 51.5 Å². The van der Waals surface area contributed by atoms with Crippen molar-refractivity contribution in [1.82, 2.24) is 9.47 Å². The van der Waals surface area contributed by atoms with Crippen molar-refractivity contribution in [2.24, 2.45) is 0 Å². The Hall–Kier alpha value is -2.52. The minimum atomic E-state index is -0.286. The molecule has 0 radical (unpaired) electrons. The third-order valence-corrected chi connectivity index (χ3v) is 7.96. The lowest BCUT2D eigenvalue weighted by atomic mass is 10.1. The molecule has 1 saturated heterocycles. The average molecular weight is 647 g/mol. The van der Waals surface area contributed by atoms with Crippen LogP contribution in [0.1, 0.15) is 11.1 Å². The smallest absolute Gasteiger partial charge is 0.293 e. The molecule has 0 spiro atoms. The predicted molar refractivity (Wildman–Crippen MR) is 152 cm³/mol. The van der Waals surface area contributed by atoms with Gasteiger partial charge in [-0.15, -0.1) is 0 Å². The lowest BCUT2D eigenvalue weighted by molar-refractivity contribution is -0.123. The molecule has 0 bridgehead atoms. The number of fused-ring (bicyclic) bond motifs is 1. The summed E-state index contributed by atoms with van der Waals surface area (Å²) in [4.78, 5) is 27.5. The monoisotopic (exact) mass is 644 g/mol. The van der Waals surface area contributed by atoms with Gasteiger partial charge in [0, 0.05) is 31.6 Å². The highest BCUT2D eigenvalue weighted by Crippen LogP contribution is 2.36. The highest BCUT2D eigenvalue weighted by molar-refractivity contribution is 9.10. The number of carbonyl (C=O) groups is 2. The molecule has 1 fully saturated rings. The lowest BCUT2D eigenvalue weighted by Gasteiger charge is -2.12. The molecule has 0 N–H and O–H groups in total. The minimum Gasteiger partial charge on any atom is -0.490 e. The van der Waals surface area contributed by atoms with E-state index in [1.165, 1.54) is 4.90 Å². The van der Waals surface area contributed by atoms with E-state index in [2.05, 4.69) is 36.4 Å². The molecule has 1 aromatic heterocycles. The molecule has 1 aliphatic heterocycles. The van der Waals surface area contributed by atoms with Gasteiger partial charge in [-0.1, -0.05) is 67.7 Å². The van der Waals surface area contributed by atoms with Gasteiger partial charge in [0.15, 0.2) is 0 Å². The number of hydrogen-bond donors (Lipinski definition) is 0. The van der Waals surface area contributed by atoms with Crippen LogP contribution in [0.4, 0.5) is 4.79 Å². The molecule has 4 aromatic rings. The first-order valence-electron chi connectivity index (χ1n) is 11.0. The number of imide groups is 1. The molecule has 182 valence electrons. The largest absolute Gasteiger partial charge is 0.490 e. The predicted octanol–water partition coefficient (Wildman–Crippen LogP) is 8.14. The maximum absolute atomic E-state index is 13.1. The zero-order chi connectivity index (χ0) is 25.2. The molecule has 0 unspecified atom stereocenters. The number of ether oxygens (including phenoxy) is 1. The fourth-order valence-electron chi connectivity index (χ4n) is 3.96. The molecule has 1 aliphatic rings. The molecule has 2 heterocycles. The van der Waals surface area contributed by atoms with Crippen LogP contribution in [-0.4, -0.2) is 27.2 Å². The summed E-state index contributed by atoms with van der Waals surface area (Å²) in [5.41, 5.74) is 2.75. The molecule has 2 amide bonds. The van der Waals surface area contributed by atoms with Crippen LogP contribution >= 0.6 is 55.2 Å². The summed E-state index contributed by atoms with van der Waals surface area (Å²) < 4.78 is 9.83. The van der Waals surface area contributed by atoms with E-state index in [0.717, 1.165) is 42.7 Å². The summed E-state index contributed by atoms with van der Waals surface area (Å²) in [5.74, 6) is 0.351. The fraction of sp³-hybridized carbons (Fsp3) is 0.111. The number of aromatic nitrogens is 1. The second-order valence-electron chi connectivity index (χ2n) is 8.11. The normalized spacial score (nSPS) is 14.9. The lowest BCUT2D eigenvalue weighted by Crippen LogP contribution is -2.27. The average Bonchev–Trinajstić information content (AvgIpc) is 3.33. The van der Waals surface area contributed by atoms with E-state index in [1.807, 2.05) is 66.9 Å². The summed E-state index contributed by atoms with van der Waals surface area (Å²) in [6, 6.07) is 21.0. The number of halogens is 3. The number of para-hydroxylation sites is 1. The van der Waals surface area contributed by atoms with Crippen molar-refractivity contribution in [3.05, 3.63) is 103 Å². The molecule has 3 aromatic carbocycles. The number of thioether (sulfide) groups is 1. The molecule has 36 heavy (non-hydrogen) atoms. The Morgan fingerprint density at radius 2 is 1.72 bits per heavy atom. The molecule has 5 rings (SSSR count). The first kappa shape index (κ1) is 25.1. The van der Waals surface area contributed by atoms with Crippen LogP contribution in [0.25, 0.3) is 17.0 Å². The first-order chi connectivity index (χ1) is 17.4. The summed E-state index contributed by atoms with van der Waals surface area (Å²) in [5, 5.41) is 1.27. The SMILES string of the molecule is O=C1S/C(=C\c2cn(CCOc3ccccc3Cl)c3ccc(Br)cc23)C(=O)N1Cc1ccc(Br)cc1. The number of hydrogen-bond acceptors (Lipinski definition) is 4. The zero-order valence-corrected chi connectivity index (χ0v) is 23.5. The summed E-state index contributed by atoms with van der Waals surface area (Å²) in [7, 11) is 0. The Balaban J connectivity index is 1.39. The number of nitrogens with zero attached hydrogens (tertiary/aromatic N) is 2. The highest BCUT2D eigenvalue weighted by Gasteiger charge is 2.35. The van der Waals surface area contributed by atoms with Gasteiger partial charge < -0.3 is 9.30 Å². The van der Waals surface area contributed by atoms with E-state index >= 15 is 0 Å². The maximum atomic E-state index is 13.1. The van der Waals surface area contributed by atoms with Gasteiger partial charge in [0.25, 0.3) is 11.1 Å². The summed E-state index contributed by atoms with van der Waals surface area (Å²) in [6.07, 6.45) is 3.78. The van der Waals surface area contributed by atoms with Crippen LogP contribution < -0.4 is 4.74 Å². The van der Waals surface area contributed by atoms with Crippen LogP contribution in [0.5, 0.6) is 5.75 Å². The van der Waals surface area contributed by atoms with Gasteiger partial charge in [0.1, 0.15) is 12.4 Å². The second kappa shape index (κ2) is 10.8. The van der Waals surface area contributed by atoms with Crippen molar-refractivity contribution in [2.75, 3.05) is 6.61 Å². The van der Waals surface area contributed by atoms with Crippen molar-refractivity contribution in [1.29, 1.82) is 0 Å². The minimum absolute atomic E-state index is 0.238. The van der Waals surface area contributed by atoms with Crippen molar-refractivity contribution in [2.45, 2.75) is 13.1 Å². The van der Waals surface area contributed by atoms with Crippen molar-refractivity contribution in [3.63, 3.8) is 0 Å². The van der Waals surface area contributed by atoms with Gasteiger partial charge in [0.05, 0.1) is 23.0 Å². The first-order valence-corrected chi connectivity index (χ1v) is 13.8.